The maximum absolute atomic E-state index is 14.5. The summed E-state index contributed by atoms with van der Waals surface area (Å²) < 4.78 is 44.9. The molecular weight excluding hydrogens is 431 g/mol. The molecule has 1 heterocycles. The average molecular weight is 461 g/mol. The first-order chi connectivity index (χ1) is 13.7. The molecule has 2 aliphatic carbocycles. The summed E-state index contributed by atoms with van der Waals surface area (Å²) in [6.45, 7) is 3.22. The minimum Gasteiger partial charge on any atom is -0.376 e. The molecular formula is C21H30ClFN2O4S. The molecule has 1 aromatic rings. The van der Waals surface area contributed by atoms with E-state index in [2.05, 4.69) is 5.32 Å². The highest BCUT2D eigenvalue weighted by atomic mass is 35.5. The lowest BCUT2D eigenvalue weighted by Crippen LogP contribution is -2.46. The Bertz CT molecular complexity index is 891. The molecule has 1 saturated heterocycles. The number of ether oxygens (including phenoxy) is 1. The van der Waals surface area contributed by atoms with Crippen LogP contribution < -0.4 is 10.0 Å². The van der Waals surface area contributed by atoms with E-state index in [0.29, 0.717) is 30.5 Å². The van der Waals surface area contributed by atoms with Gasteiger partial charge < -0.3 is 10.1 Å². The molecule has 1 aliphatic heterocycles. The van der Waals surface area contributed by atoms with Crippen molar-refractivity contribution in [2.75, 3.05) is 26.0 Å². The van der Waals surface area contributed by atoms with Gasteiger partial charge in [-0.15, -0.1) is 12.4 Å². The number of nitrogens with one attached hydrogen (secondary N) is 2. The molecule has 0 atom stereocenters. The Hall–Kier alpha value is -1.22. The zero-order valence-electron chi connectivity index (χ0n) is 17.2. The van der Waals surface area contributed by atoms with Gasteiger partial charge in [0.05, 0.1) is 18.4 Å². The lowest BCUT2D eigenvalue weighted by molar-refractivity contribution is -0.0347. The number of carbonyl (C=O) groups is 1. The highest BCUT2D eigenvalue weighted by Crippen LogP contribution is 2.51. The first-order valence-electron chi connectivity index (χ1n) is 10.4. The summed E-state index contributed by atoms with van der Waals surface area (Å²) in [5, 5.41) is 3.41. The van der Waals surface area contributed by atoms with E-state index in [1.807, 2.05) is 4.72 Å². The third-order valence-corrected chi connectivity index (χ3v) is 7.04. The molecule has 6 nitrogen and oxygen atoms in total. The molecule has 1 aromatic carbocycles. The summed E-state index contributed by atoms with van der Waals surface area (Å²) in [6.07, 6.45) is 7.78. The van der Waals surface area contributed by atoms with Crippen molar-refractivity contribution < 1.29 is 22.3 Å². The Morgan fingerprint density at radius 3 is 2.53 bits per heavy atom. The van der Waals surface area contributed by atoms with Gasteiger partial charge in [0.15, 0.2) is 0 Å². The van der Waals surface area contributed by atoms with Gasteiger partial charge in [0.1, 0.15) is 5.82 Å². The molecule has 0 radical (unpaired) electrons. The molecule has 4 rings (SSSR count). The minimum absolute atomic E-state index is 0. The van der Waals surface area contributed by atoms with Gasteiger partial charge >= 0.3 is 0 Å². The Balaban J connectivity index is 0.00000256. The van der Waals surface area contributed by atoms with Gasteiger partial charge in [0, 0.05) is 6.61 Å². The molecule has 0 unspecified atom stereocenters. The van der Waals surface area contributed by atoms with Crippen molar-refractivity contribution in [1.82, 2.24) is 10.0 Å². The Labute approximate surface area is 183 Å². The Morgan fingerprint density at radius 1 is 1.27 bits per heavy atom. The number of carbonyl (C=O) groups excluding carboxylic acids is 1. The summed E-state index contributed by atoms with van der Waals surface area (Å²) in [5.41, 5.74) is 1.94. The second-order valence-corrected chi connectivity index (χ2v) is 10.8. The van der Waals surface area contributed by atoms with Crippen LogP contribution in [-0.4, -0.2) is 40.3 Å². The summed E-state index contributed by atoms with van der Waals surface area (Å²) >= 11 is 0. The van der Waals surface area contributed by atoms with Crippen LogP contribution in [0.5, 0.6) is 0 Å². The van der Waals surface area contributed by atoms with Crippen molar-refractivity contribution in [2.45, 2.75) is 51.0 Å². The number of amides is 1. The number of hydrogen-bond donors (Lipinski definition) is 2. The molecule has 2 saturated carbocycles. The van der Waals surface area contributed by atoms with Gasteiger partial charge in [-0.1, -0.05) is 0 Å². The van der Waals surface area contributed by atoms with Gasteiger partial charge in [-0.3, -0.25) is 4.79 Å². The molecule has 1 spiro atoms. The van der Waals surface area contributed by atoms with E-state index in [4.69, 9.17) is 4.74 Å². The predicted molar refractivity (Wildman–Crippen MR) is 115 cm³/mol. The quantitative estimate of drug-likeness (QED) is 0.653. The van der Waals surface area contributed by atoms with Crippen molar-refractivity contribution >= 4 is 28.3 Å². The first kappa shape index (κ1) is 23.4. The molecule has 0 bridgehead atoms. The van der Waals surface area contributed by atoms with E-state index >= 15 is 0 Å². The standard InChI is InChI=1S/C21H29FN2O4S.ClH/c1-29(26,27)24-20(25)18-9-17(15-2-3-15)16(8-19(18)22)13-28-12-14-10-21(11-14)4-6-23-7-5-21;/h8-9,14-15,23H,2-7,10-13H2,1H3,(H,24,25);1H. The van der Waals surface area contributed by atoms with Crippen molar-refractivity contribution in [3.63, 3.8) is 0 Å². The number of halogens is 2. The van der Waals surface area contributed by atoms with E-state index in [0.717, 1.165) is 43.3 Å². The zero-order valence-corrected chi connectivity index (χ0v) is 18.8. The highest BCUT2D eigenvalue weighted by molar-refractivity contribution is 7.89. The van der Waals surface area contributed by atoms with Crippen LogP contribution in [-0.2, 0) is 21.4 Å². The van der Waals surface area contributed by atoms with Gasteiger partial charge in [0.25, 0.3) is 5.91 Å². The maximum atomic E-state index is 14.5. The molecule has 2 N–H and O–H groups in total. The smallest absolute Gasteiger partial charge is 0.267 e. The number of sulfonamides is 1. The van der Waals surface area contributed by atoms with Crippen LogP contribution in [0.25, 0.3) is 0 Å². The summed E-state index contributed by atoms with van der Waals surface area (Å²) in [4.78, 5) is 12.1. The second kappa shape index (κ2) is 9.10. The van der Waals surface area contributed by atoms with E-state index < -0.39 is 21.7 Å². The highest BCUT2D eigenvalue weighted by Gasteiger charge is 2.44. The van der Waals surface area contributed by atoms with Gasteiger partial charge in [-0.05, 0) is 92.1 Å². The first-order valence-corrected chi connectivity index (χ1v) is 12.3. The lowest BCUT2D eigenvalue weighted by Gasteiger charge is -2.50. The third kappa shape index (κ3) is 5.52. The fourth-order valence-corrected chi connectivity index (χ4v) is 5.36. The van der Waals surface area contributed by atoms with Crippen molar-refractivity contribution in [3.8, 4) is 0 Å². The summed E-state index contributed by atoms with van der Waals surface area (Å²) in [7, 11) is -3.74. The molecule has 9 heteroatoms. The lowest BCUT2D eigenvalue weighted by atomic mass is 9.58. The van der Waals surface area contributed by atoms with Crippen LogP contribution in [0.4, 0.5) is 4.39 Å². The molecule has 0 aromatic heterocycles. The van der Waals surface area contributed by atoms with Crippen LogP contribution in [0.1, 0.15) is 65.9 Å². The Morgan fingerprint density at radius 2 is 1.93 bits per heavy atom. The molecule has 168 valence electrons. The third-order valence-electron chi connectivity index (χ3n) is 6.49. The van der Waals surface area contributed by atoms with E-state index in [1.54, 1.807) is 0 Å². The van der Waals surface area contributed by atoms with Crippen LogP contribution in [0.3, 0.4) is 0 Å². The summed E-state index contributed by atoms with van der Waals surface area (Å²) in [6, 6.07) is 2.83. The Kier molecular flexibility index (Phi) is 7.11. The number of rotatable bonds is 7. The average Bonchev–Trinajstić information content (AvgIpc) is 3.44. The van der Waals surface area contributed by atoms with Crippen LogP contribution >= 0.6 is 12.4 Å². The SMILES string of the molecule is CS(=O)(=O)NC(=O)c1cc(C2CC2)c(COCC2CC3(CCNCC3)C2)cc1F.Cl. The van der Waals surface area contributed by atoms with Gasteiger partial charge in [-0.2, -0.15) is 0 Å². The molecule has 3 fully saturated rings. The second-order valence-electron chi connectivity index (χ2n) is 9.05. The number of hydrogen-bond acceptors (Lipinski definition) is 5. The predicted octanol–water partition coefficient (Wildman–Crippen LogP) is 3.11. The van der Waals surface area contributed by atoms with Gasteiger partial charge in [-0.25, -0.2) is 17.5 Å². The zero-order chi connectivity index (χ0) is 20.6. The van der Waals surface area contributed by atoms with E-state index in [9.17, 15) is 17.6 Å². The fourth-order valence-electron chi connectivity index (χ4n) is 4.91. The van der Waals surface area contributed by atoms with E-state index in [1.165, 1.54) is 37.8 Å². The summed E-state index contributed by atoms with van der Waals surface area (Å²) in [5.74, 6) is -0.782. The normalized spacial score (nSPS) is 21.0. The molecule has 1 amide bonds. The van der Waals surface area contributed by atoms with Crippen LogP contribution in [0.15, 0.2) is 12.1 Å². The largest absolute Gasteiger partial charge is 0.376 e. The number of benzene rings is 1. The fraction of sp³-hybridized carbons (Fsp3) is 0.667. The van der Waals surface area contributed by atoms with Crippen molar-refractivity contribution in [2.24, 2.45) is 11.3 Å². The van der Waals surface area contributed by atoms with Crippen LogP contribution in [0.2, 0.25) is 0 Å². The minimum atomic E-state index is -3.74. The van der Waals surface area contributed by atoms with Crippen molar-refractivity contribution in [1.29, 1.82) is 0 Å². The maximum Gasteiger partial charge on any atom is 0.267 e. The van der Waals surface area contributed by atoms with E-state index in [-0.39, 0.29) is 18.0 Å². The monoisotopic (exact) mass is 460 g/mol. The van der Waals surface area contributed by atoms with Gasteiger partial charge in [0.2, 0.25) is 10.0 Å². The van der Waals surface area contributed by atoms with Crippen LogP contribution in [0, 0.1) is 17.2 Å². The topological polar surface area (TPSA) is 84.5 Å². The molecule has 3 aliphatic rings. The van der Waals surface area contributed by atoms with Crippen molar-refractivity contribution in [3.05, 3.63) is 34.6 Å². The molecule has 30 heavy (non-hydrogen) atoms. The number of piperidine rings is 1.